The Labute approximate surface area is 392 Å². The van der Waals surface area contributed by atoms with Crippen LogP contribution in [-0.2, 0) is 0 Å². The number of aromatic amines is 3. The summed E-state index contributed by atoms with van der Waals surface area (Å²) >= 11 is 3.42. The monoisotopic (exact) mass is 934 g/mol. The van der Waals surface area contributed by atoms with Gasteiger partial charge in [0.05, 0.1) is 16.9 Å². The molecule has 11 heteroatoms. The highest BCUT2D eigenvalue weighted by Gasteiger charge is 2.21. The van der Waals surface area contributed by atoms with E-state index >= 15 is 0 Å². The zero-order valence-corrected chi connectivity index (χ0v) is 38.8. The molecule has 0 radical (unpaired) electrons. The third-order valence-electron chi connectivity index (χ3n) is 12.9. The van der Waals surface area contributed by atoms with E-state index in [0.29, 0.717) is 0 Å². The number of pyridine rings is 2. The van der Waals surface area contributed by atoms with Crippen molar-refractivity contribution in [3.05, 3.63) is 197 Å². The van der Waals surface area contributed by atoms with Gasteiger partial charge in [0.1, 0.15) is 22.6 Å². The molecule has 8 aromatic heterocycles. The van der Waals surface area contributed by atoms with Crippen LogP contribution in [0.1, 0.15) is 22.3 Å². The molecule has 0 unspecified atom stereocenters. The van der Waals surface area contributed by atoms with Crippen molar-refractivity contribution in [2.75, 3.05) is 0 Å². The fourth-order valence-corrected chi connectivity index (χ4v) is 10.2. The second kappa shape index (κ2) is 16.0. The highest BCUT2D eigenvalue weighted by Crippen LogP contribution is 2.36. The van der Waals surface area contributed by atoms with Crippen molar-refractivity contribution in [1.82, 2.24) is 48.6 Å². The number of rotatable bonds is 3. The lowest BCUT2D eigenvalue weighted by Crippen LogP contribution is -2.08. The Balaban J connectivity index is 0.000000116. The van der Waals surface area contributed by atoms with Crippen LogP contribution in [0.2, 0.25) is 0 Å². The van der Waals surface area contributed by atoms with E-state index in [4.69, 9.17) is 15.0 Å². The number of aryl methyl sites for hydroxylation is 4. The Morgan fingerprint density at radius 1 is 0.418 bits per heavy atom. The van der Waals surface area contributed by atoms with Crippen LogP contribution in [0.15, 0.2) is 175 Å². The van der Waals surface area contributed by atoms with Crippen LogP contribution < -0.4 is 0 Å². The molecule has 6 aromatic carbocycles. The van der Waals surface area contributed by atoms with E-state index in [9.17, 15) is 0 Å². The summed E-state index contributed by atoms with van der Waals surface area (Å²) in [7, 11) is 0. The molecule has 67 heavy (non-hydrogen) atoms. The van der Waals surface area contributed by atoms with Gasteiger partial charge in [-0.05, 0) is 102 Å². The van der Waals surface area contributed by atoms with Crippen LogP contribution in [0.25, 0.3) is 105 Å². The lowest BCUT2D eigenvalue weighted by atomic mass is 10.1. The lowest BCUT2D eigenvalue weighted by molar-refractivity contribution is 0.917. The van der Waals surface area contributed by atoms with Crippen molar-refractivity contribution in [3.8, 4) is 17.3 Å². The Morgan fingerprint density at radius 2 is 0.851 bits per heavy atom. The maximum Gasteiger partial charge on any atom is 0.220 e. The summed E-state index contributed by atoms with van der Waals surface area (Å²) in [6.45, 7) is 8.50. The van der Waals surface area contributed by atoms with E-state index in [1.54, 1.807) is 6.20 Å². The van der Waals surface area contributed by atoms with Gasteiger partial charge >= 0.3 is 0 Å². The molecule has 0 bridgehead atoms. The Kier molecular flexibility index (Phi) is 9.61. The maximum absolute atomic E-state index is 5.14. The van der Waals surface area contributed by atoms with Crippen molar-refractivity contribution in [1.29, 1.82) is 0 Å². The second-order valence-corrected chi connectivity index (χ2v) is 17.8. The number of H-pyrrole nitrogens is 3. The molecule has 14 aromatic rings. The summed E-state index contributed by atoms with van der Waals surface area (Å²) in [6, 6.07) is 50.7. The van der Waals surface area contributed by atoms with E-state index in [-0.39, 0.29) is 0 Å². The molecule has 0 fully saturated rings. The number of fused-ring (bicyclic) bond motifs is 12. The van der Waals surface area contributed by atoms with Gasteiger partial charge in [-0.3, -0.25) is 13.7 Å². The van der Waals surface area contributed by atoms with Crippen LogP contribution in [-0.4, -0.2) is 48.6 Å². The standard InChI is InChI=1S/C28H21N5.C17H11N3.C11H11BrN2/c1-17-8-7-9-18(2)25(17)32-15-14-29-28(32)33-24-13-6-4-11-20(24)22-16-21-19-10-3-5-12-23(19)30-26(21)31-27(22)33;1-3-7-14-10(5-1)12-9-13-11-6-2-4-8-15(11)19-17(13)20-16(12)18-14;1-8-4-3-5-9(2)10(8)14-7-6-13-11(14)12/h3-16H,1-2H3,(H,30,31);1-9H,(H2,18,19,20);3-7H,1-2H3. The second-order valence-electron chi connectivity index (χ2n) is 17.0. The summed E-state index contributed by atoms with van der Waals surface area (Å²) in [5, 5.41) is 9.43. The normalized spacial score (nSPS) is 11.7. The molecule has 0 aliphatic heterocycles. The first-order valence-corrected chi connectivity index (χ1v) is 23.0. The molecule has 10 nitrogen and oxygen atoms in total. The molecule has 0 saturated heterocycles. The summed E-state index contributed by atoms with van der Waals surface area (Å²) in [6.07, 6.45) is 7.64. The number of halogens is 1. The first-order valence-electron chi connectivity index (χ1n) is 22.2. The van der Waals surface area contributed by atoms with Gasteiger partial charge in [0.15, 0.2) is 4.73 Å². The Hall–Kier alpha value is -8.28. The number of para-hydroxylation sites is 6. The van der Waals surface area contributed by atoms with Gasteiger partial charge in [0, 0.05) is 84.4 Å². The van der Waals surface area contributed by atoms with Crippen molar-refractivity contribution in [2.45, 2.75) is 27.7 Å². The highest BCUT2D eigenvalue weighted by atomic mass is 79.9. The Bertz CT molecular complexity index is 4070. The maximum atomic E-state index is 5.14. The number of nitrogens with one attached hydrogen (secondary N) is 3. The summed E-state index contributed by atoms with van der Waals surface area (Å²) in [5.74, 6) is 0.835. The molecule has 8 heterocycles. The summed E-state index contributed by atoms with van der Waals surface area (Å²) in [4.78, 5) is 29.1. The van der Waals surface area contributed by atoms with Gasteiger partial charge in [0.25, 0.3) is 0 Å². The molecule has 0 amide bonds. The van der Waals surface area contributed by atoms with Gasteiger partial charge < -0.3 is 15.0 Å². The first-order chi connectivity index (χ1) is 32.8. The van der Waals surface area contributed by atoms with E-state index in [0.717, 1.165) is 71.8 Å². The van der Waals surface area contributed by atoms with Gasteiger partial charge in [0.2, 0.25) is 5.95 Å². The average molecular weight is 936 g/mol. The molecular formula is C56H43BrN10. The average Bonchev–Trinajstić information content (AvgIpc) is 4.21. The van der Waals surface area contributed by atoms with Crippen molar-refractivity contribution < 1.29 is 0 Å². The van der Waals surface area contributed by atoms with Crippen molar-refractivity contribution in [3.63, 3.8) is 0 Å². The van der Waals surface area contributed by atoms with Crippen LogP contribution >= 0.6 is 15.9 Å². The lowest BCUT2D eigenvalue weighted by Gasteiger charge is -2.15. The van der Waals surface area contributed by atoms with E-state index in [2.05, 4.69) is 200 Å². The van der Waals surface area contributed by atoms with Crippen LogP contribution in [0.4, 0.5) is 0 Å². The third kappa shape index (κ3) is 6.69. The zero-order valence-electron chi connectivity index (χ0n) is 37.2. The number of imidazole rings is 2. The number of nitrogens with zero attached hydrogens (tertiary/aromatic N) is 7. The molecule has 0 atom stereocenters. The molecule has 0 saturated carbocycles. The van der Waals surface area contributed by atoms with Crippen LogP contribution in [0.3, 0.4) is 0 Å². The summed E-state index contributed by atoms with van der Waals surface area (Å²) < 4.78 is 7.25. The quantitative estimate of drug-likeness (QED) is 0.164. The summed E-state index contributed by atoms with van der Waals surface area (Å²) in [5.41, 5.74) is 15.4. The van der Waals surface area contributed by atoms with E-state index in [1.807, 2.05) is 41.4 Å². The van der Waals surface area contributed by atoms with E-state index in [1.165, 1.54) is 60.3 Å². The van der Waals surface area contributed by atoms with E-state index < -0.39 is 0 Å². The number of benzene rings is 6. The molecular weight excluding hydrogens is 893 g/mol. The Morgan fingerprint density at radius 3 is 1.37 bits per heavy atom. The predicted octanol–water partition coefficient (Wildman–Crippen LogP) is 14.2. The number of aromatic nitrogens is 10. The van der Waals surface area contributed by atoms with Crippen LogP contribution in [0, 0.1) is 27.7 Å². The van der Waals surface area contributed by atoms with Crippen LogP contribution in [0.5, 0.6) is 0 Å². The first kappa shape index (κ1) is 40.2. The predicted molar refractivity (Wildman–Crippen MR) is 278 cm³/mol. The zero-order chi connectivity index (χ0) is 45.3. The highest BCUT2D eigenvalue weighted by molar-refractivity contribution is 9.10. The minimum Gasteiger partial charge on any atom is -0.339 e. The number of hydrogen-bond acceptors (Lipinski definition) is 4. The SMILES string of the molecule is Cc1cccc(C)c1-n1ccnc1-n1c2ccccc2c2cc3c(nc21)[nH]c1ccccc13.Cc1cccc(C)c1-n1ccnc1Br.c1ccc2c(c1)[nH]c1nc3[nH]c4ccccc4c3cc12. The molecule has 3 N–H and O–H groups in total. The fraction of sp³-hybridized carbons (Fsp3) is 0.0714. The minimum absolute atomic E-state index is 0.835. The number of hydrogen-bond donors (Lipinski definition) is 3. The van der Waals surface area contributed by atoms with Gasteiger partial charge in [-0.1, -0.05) is 109 Å². The molecule has 0 spiro atoms. The molecule has 14 rings (SSSR count). The van der Waals surface area contributed by atoms with Crippen molar-refractivity contribution >= 4 is 104 Å². The van der Waals surface area contributed by atoms with Gasteiger partial charge in [-0.25, -0.2) is 19.9 Å². The molecule has 0 aliphatic rings. The molecule has 0 aliphatic carbocycles. The third-order valence-corrected chi connectivity index (χ3v) is 13.4. The minimum atomic E-state index is 0.835. The molecule has 324 valence electrons. The largest absolute Gasteiger partial charge is 0.339 e. The van der Waals surface area contributed by atoms with Gasteiger partial charge in [-0.2, -0.15) is 0 Å². The van der Waals surface area contributed by atoms with Crippen molar-refractivity contribution in [2.24, 2.45) is 0 Å². The smallest absolute Gasteiger partial charge is 0.220 e. The van der Waals surface area contributed by atoms with Gasteiger partial charge in [-0.15, -0.1) is 0 Å². The topological polar surface area (TPSA) is 114 Å². The fourth-order valence-electron chi connectivity index (χ4n) is 9.82.